The Kier molecular flexibility index (Phi) is 5.16. The summed E-state index contributed by atoms with van der Waals surface area (Å²) in [6.45, 7) is 13.9. The lowest BCUT2D eigenvalue weighted by Gasteiger charge is -2.43. The van der Waals surface area contributed by atoms with Crippen molar-refractivity contribution in [2.75, 3.05) is 43.4 Å². The third-order valence-electron chi connectivity index (χ3n) is 7.22. The molecule has 0 amide bonds. The predicted molar refractivity (Wildman–Crippen MR) is 136 cm³/mol. The summed E-state index contributed by atoms with van der Waals surface area (Å²) in [5.41, 5.74) is 7.73. The zero-order chi connectivity index (χ0) is 22.5. The van der Waals surface area contributed by atoms with Crippen molar-refractivity contribution < 1.29 is 0 Å². The molecule has 4 nitrogen and oxygen atoms in total. The summed E-state index contributed by atoms with van der Waals surface area (Å²) in [6, 6.07) is 17.6. The molecule has 1 aliphatic heterocycles. The van der Waals surface area contributed by atoms with Gasteiger partial charge >= 0.3 is 0 Å². The van der Waals surface area contributed by atoms with Crippen LogP contribution in [0.5, 0.6) is 0 Å². The molecule has 0 atom stereocenters. The fourth-order valence-electron chi connectivity index (χ4n) is 6.01. The van der Waals surface area contributed by atoms with Crippen molar-refractivity contribution in [3.8, 4) is 0 Å². The largest absolute Gasteiger partial charge is 0.369 e. The van der Waals surface area contributed by atoms with Crippen molar-refractivity contribution in [2.24, 2.45) is 5.41 Å². The van der Waals surface area contributed by atoms with Crippen LogP contribution in [0, 0.1) is 5.41 Å². The molecule has 2 aromatic carbocycles. The SMILES string of the molecule is CN1CCN(c2ccc(Nc3c4c(nc5ccccc35)CC(C)(C)CC4(C)C)cc2)CC1. The highest BCUT2D eigenvalue weighted by Gasteiger charge is 2.40. The lowest BCUT2D eigenvalue weighted by atomic mass is 9.63. The third kappa shape index (κ3) is 3.97. The summed E-state index contributed by atoms with van der Waals surface area (Å²) in [4.78, 5) is 10.0. The van der Waals surface area contributed by atoms with Gasteiger partial charge in [0.2, 0.25) is 0 Å². The van der Waals surface area contributed by atoms with Gasteiger partial charge in [0.25, 0.3) is 0 Å². The minimum absolute atomic E-state index is 0.0657. The molecule has 1 N–H and O–H groups in total. The Bertz CT molecular complexity index is 1120. The van der Waals surface area contributed by atoms with Crippen LogP contribution in [0.1, 0.15) is 45.4 Å². The highest BCUT2D eigenvalue weighted by Crippen LogP contribution is 2.49. The molecule has 32 heavy (non-hydrogen) atoms. The lowest BCUT2D eigenvalue weighted by Crippen LogP contribution is -2.44. The van der Waals surface area contributed by atoms with Gasteiger partial charge in [-0.1, -0.05) is 45.9 Å². The van der Waals surface area contributed by atoms with Crippen molar-refractivity contribution in [3.63, 3.8) is 0 Å². The number of piperazine rings is 1. The number of hydrogen-bond acceptors (Lipinski definition) is 4. The van der Waals surface area contributed by atoms with E-state index in [4.69, 9.17) is 4.98 Å². The molecule has 2 heterocycles. The summed E-state index contributed by atoms with van der Waals surface area (Å²) in [5, 5.41) is 5.04. The fraction of sp³-hybridized carbons (Fsp3) is 0.464. The maximum absolute atomic E-state index is 5.14. The Hall–Kier alpha value is -2.59. The van der Waals surface area contributed by atoms with Gasteiger partial charge in [0.15, 0.2) is 0 Å². The highest BCUT2D eigenvalue weighted by molar-refractivity contribution is 5.96. The number of para-hydroxylation sites is 1. The molecule has 1 fully saturated rings. The van der Waals surface area contributed by atoms with Crippen LogP contribution < -0.4 is 10.2 Å². The Balaban J connectivity index is 1.53. The van der Waals surface area contributed by atoms with Crippen molar-refractivity contribution in [3.05, 3.63) is 59.8 Å². The van der Waals surface area contributed by atoms with E-state index in [1.807, 2.05) is 0 Å². The van der Waals surface area contributed by atoms with Crippen LogP contribution in [0.15, 0.2) is 48.5 Å². The molecule has 4 heteroatoms. The first kappa shape index (κ1) is 21.3. The Morgan fingerprint density at radius 3 is 2.28 bits per heavy atom. The van der Waals surface area contributed by atoms with Gasteiger partial charge in [-0.05, 0) is 61.1 Å². The molecule has 1 aromatic heterocycles. The number of likely N-dealkylation sites (N-methyl/N-ethyl adjacent to an activating group) is 1. The van der Waals surface area contributed by atoms with E-state index in [0.717, 1.165) is 50.2 Å². The maximum Gasteiger partial charge on any atom is 0.0726 e. The second-order valence-corrected chi connectivity index (χ2v) is 11.2. The van der Waals surface area contributed by atoms with Crippen molar-refractivity contribution in [2.45, 2.75) is 46.0 Å². The number of benzene rings is 2. The molecular weight excluding hydrogens is 392 g/mol. The van der Waals surface area contributed by atoms with E-state index in [1.165, 1.54) is 28.0 Å². The van der Waals surface area contributed by atoms with E-state index in [2.05, 4.69) is 98.4 Å². The lowest BCUT2D eigenvalue weighted by molar-refractivity contribution is 0.229. The molecule has 1 aliphatic carbocycles. The number of rotatable bonds is 3. The normalized spacial score (nSPS) is 20.2. The number of aromatic nitrogens is 1. The summed E-state index contributed by atoms with van der Waals surface area (Å²) in [6.07, 6.45) is 2.18. The zero-order valence-corrected chi connectivity index (χ0v) is 20.2. The minimum atomic E-state index is 0.0657. The third-order valence-corrected chi connectivity index (χ3v) is 7.22. The van der Waals surface area contributed by atoms with Gasteiger partial charge in [0, 0.05) is 54.2 Å². The standard InChI is InChI=1S/C28H36N4/c1-27(2)18-24-25(28(3,4)19-27)26(22-8-6-7-9-23(22)30-24)29-20-10-12-21(13-11-20)32-16-14-31(5)15-17-32/h6-13H,14-19H2,1-5H3,(H,29,30). The first-order valence-corrected chi connectivity index (χ1v) is 11.9. The quantitative estimate of drug-likeness (QED) is 0.556. The van der Waals surface area contributed by atoms with Gasteiger partial charge in [-0.3, -0.25) is 4.98 Å². The summed E-state index contributed by atoms with van der Waals surface area (Å²) < 4.78 is 0. The average molecular weight is 429 g/mol. The first-order chi connectivity index (χ1) is 15.2. The van der Waals surface area contributed by atoms with Crippen molar-refractivity contribution >= 4 is 28.0 Å². The number of hydrogen-bond donors (Lipinski definition) is 1. The van der Waals surface area contributed by atoms with Crippen LogP contribution in [-0.4, -0.2) is 43.1 Å². The number of nitrogens with zero attached hydrogens (tertiary/aromatic N) is 3. The van der Waals surface area contributed by atoms with E-state index >= 15 is 0 Å². The number of nitrogens with one attached hydrogen (secondary N) is 1. The van der Waals surface area contributed by atoms with Gasteiger partial charge in [-0.25, -0.2) is 0 Å². The summed E-state index contributed by atoms with van der Waals surface area (Å²) in [5.74, 6) is 0. The summed E-state index contributed by atoms with van der Waals surface area (Å²) in [7, 11) is 2.20. The van der Waals surface area contributed by atoms with Gasteiger partial charge in [-0.15, -0.1) is 0 Å². The molecule has 168 valence electrons. The molecule has 0 saturated carbocycles. The molecule has 0 spiro atoms. The molecule has 3 aromatic rings. The zero-order valence-electron chi connectivity index (χ0n) is 20.2. The summed E-state index contributed by atoms with van der Waals surface area (Å²) >= 11 is 0. The first-order valence-electron chi connectivity index (χ1n) is 11.9. The van der Waals surface area contributed by atoms with Gasteiger partial charge in [-0.2, -0.15) is 0 Å². The average Bonchev–Trinajstić information content (AvgIpc) is 2.73. The van der Waals surface area contributed by atoms with E-state index in [9.17, 15) is 0 Å². The van der Waals surface area contributed by atoms with Crippen LogP contribution in [0.25, 0.3) is 10.9 Å². The van der Waals surface area contributed by atoms with E-state index in [0.29, 0.717) is 0 Å². The van der Waals surface area contributed by atoms with Crippen molar-refractivity contribution in [1.82, 2.24) is 9.88 Å². The molecule has 0 bridgehead atoms. The topological polar surface area (TPSA) is 31.4 Å². The minimum Gasteiger partial charge on any atom is -0.369 e. The monoisotopic (exact) mass is 428 g/mol. The Labute approximate surface area is 192 Å². The van der Waals surface area contributed by atoms with Crippen LogP contribution >= 0.6 is 0 Å². The molecule has 1 saturated heterocycles. The molecule has 0 unspecified atom stereocenters. The van der Waals surface area contributed by atoms with E-state index in [1.54, 1.807) is 0 Å². The Morgan fingerprint density at radius 1 is 0.875 bits per heavy atom. The van der Waals surface area contributed by atoms with Crippen LogP contribution in [-0.2, 0) is 11.8 Å². The van der Waals surface area contributed by atoms with Gasteiger partial charge < -0.3 is 15.1 Å². The molecule has 0 radical (unpaired) electrons. The smallest absolute Gasteiger partial charge is 0.0726 e. The van der Waals surface area contributed by atoms with Crippen molar-refractivity contribution in [1.29, 1.82) is 0 Å². The van der Waals surface area contributed by atoms with Crippen LogP contribution in [0.4, 0.5) is 17.1 Å². The number of pyridine rings is 1. The second-order valence-electron chi connectivity index (χ2n) is 11.2. The number of fused-ring (bicyclic) bond motifs is 2. The highest BCUT2D eigenvalue weighted by atomic mass is 15.2. The van der Waals surface area contributed by atoms with Crippen LogP contribution in [0.3, 0.4) is 0 Å². The maximum atomic E-state index is 5.14. The van der Waals surface area contributed by atoms with Gasteiger partial charge in [0.1, 0.15) is 0 Å². The Morgan fingerprint density at radius 2 is 1.56 bits per heavy atom. The van der Waals surface area contributed by atoms with Gasteiger partial charge in [0.05, 0.1) is 11.2 Å². The second kappa shape index (κ2) is 7.77. The van der Waals surface area contributed by atoms with E-state index in [-0.39, 0.29) is 10.8 Å². The number of anilines is 3. The van der Waals surface area contributed by atoms with Crippen LogP contribution in [0.2, 0.25) is 0 Å². The van der Waals surface area contributed by atoms with E-state index < -0.39 is 0 Å². The fourth-order valence-corrected chi connectivity index (χ4v) is 6.01. The predicted octanol–water partition coefficient (Wildman–Crippen LogP) is 5.98. The molecular formula is C28H36N4. The molecule has 5 rings (SSSR count). The molecule has 2 aliphatic rings.